The van der Waals surface area contributed by atoms with Crippen molar-refractivity contribution in [2.24, 2.45) is 0 Å². The first-order valence-corrected chi connectivity index (χ1v) is 7.19. The Bertz CT molecular complexity index is 479. The summed E-state index contributed by atoms with van der Waals surface area (Å²) in [6.07, 6.45) is 0.583. The number of nitrogens with zero attached hydrogens (tertiary/aromatic N) is 2. The summed E-state index contributed by atoms with van der Waals surface area (Å²) in [6.45, 7) is 7.70. The molecule has 0 spiro atoms. The van der Waals surface area contributed by atoms with Crippen LogP contribution in [0.1, 0.15) is 16.7 Å². The number of carboxylic acids is 1. The number of piperazine rings is 1. The van der Waals surface area contributed by atoms with E-state index < -0.39 is 12.0 Å². The molecule has 0 aromatic heterocycles. The molecule has 110 valence electrons. The molecule has 0 unspecified atom stereocenters. The van der Waals surface area contributed by atoms with Crippen LogP contribution in [0.25, 0.3) is 0 Å². The van der Waals surface area contributed by atoms with Gasteiger partial charge in [-0.1, -0.05) is 18.2 Å². The van der Waals surface area contributed by atoms with Gasteiger partial charge in [0.1, 0.15) is 6.04 Å². The quantitative estimate of drug-likeness (QED) is 0.906. The van der Waals surface area contributed by atoms with Gasteiger partial charge in [-0.05, 0) is 44.0 Å². The molecule has 20 heavy (non-hydrogen) atoms. The second-order valence-corrected chi connectivity index (χ2v) is 5.82. The van der Waals surface area contributed by atoms with Crippen molar-refractivity contribution in [3.63, 3.8) is 0 Å². The number of carbonyl (C=O) groups is 1. The maximum atomic E-state index is 11.6. The minimum Gasteiger partial charge on any atom is -0.480 e. The van der Waals surface area contributed by atoms with Crippen molar-refractivity contribution in [2.45, 2.75) is 26.3 Å². The number of rotatable bonds is 4. The number of carboxylic acid groups (broad SMARTS) is 1. The summed E-state index contributed by atoms with van der Waals surface area (Å²) in [5.41, 5.74) is 3.59. The Morgan fingerprint density at radius 3 is 2.40 bits per heavy atom. The highest BCUT2D eigenvalue weighted by Gasteiger charge is 2.28. The van der Waals surface area contributed by atoms with E-state index in [4.69, 9.17) is 0 Å². The average Bonchev–Trinajstić information content (AvgIpc) is 2.41. The van der Waals surface area contributed by atoms with Gasteiger partial charge < -0.3 is 10.0 Å². The van der Waals surface area contributed by atoms with Crippen LogP contribution in [0.4, 0.5) is 0 Å². The minimum atomic E-state index is -0.715. The Balaban J connectivity index is 2.09. The van der Waals surface area contributed by atoms with Gasteiger partial charge in [0.05, 0.1) is 0 Å². The predicted molar refractivity (Wildman–Crippen MR) is 80.1 cm³/mol. The molecular weight excluding hydrogens is 252 g/mol. The monoisotopic (exact) mass is 276 g/mol. The van der Waals surface area contributed by atoms with E-state index in [9.17, 15) is 9.90 Å². The standard InChI is InChI=1S/C16H24N2O2/c1-12-4-5-14(10-13(12)2)11-15(16(19)20)18-8-6-17(3)7-9-18/h4-5,10,15H,6-9,11H2,1-3H3,(H,19,20)/t15-/m1/s1. The zero-order valence-electron chi connectivity index (χ0n) is 12.6. The van der Waals surface area contributed by atoms with E-state index in [0.29, 0.717) is 6.42 Å². The van der Waals surface area contributed by atoms with Gasteiger partial charge in [-0.3, -0.25) is 9.69 Å². The van der Waals surface area contributed by atoms with Crippen molar-refractivity contribution in [2.75, 3.05) is 33.2 Å². The van der Waals surface area contributed by atoms with Crippen LogP contribution in [0.3, 0.4) is 0 Å². The molecule has 0 radical (unpaired) electrons. The second kappa shape index (κ2) is 6.37. The van der Waals surface area contributed by atoms with E-state index in [1.54, 1.807) is 0 Å². The molecule has 1 aromatic carbocycles. The van der Waals surface area contributed by atoms with E-state index in [1.807, 2.05) is 6.07 Å². The summed E-state index contributed by atoms with van der Waals surface area (Å²) in [5.74, 6) is -0.715. The number of hydrogen-bond donors (Lipinski definition) is 1. The Morgan fingerprint density at radius 1 is 1.20 bits per heavy atom. The molecule has 1 heterocycles. The number of likely N-dealkylation sites (N-methyl/N-ethyl adjacent to an activating group) is 1. The zero-order valence-corrected chi connectivity index (χ0v) is 12.6. The number of aliphatic carboxylic acids is 1. The van der Waals surface area contributed by atoms with Crippen LogP contribution in [0, 0.1) is 13.8 Å². The van der Waals surface area contributed by atoms with Gasteiger partial charge in [0, 0.05) is 26.2 Å². The minimum absolute atomic E-state index is 0.411. The summed E-state index contributed by atoms with van der Waals surface area (Å²) in [6, 6.07) is 5.83. The van der Waals surface area contributed by atoms with Crippen LogP contribution in [-0.4, -0.2) is 60.1 Å². The van der Waals surface area contributed by atoms with E-state index in [0.717, 1.165) is 31.7 Å². The molecule has 1 atom stereocenters. The van der Waals surface area contributed by atoms with Gasteiger partial charge >= 0.3 is 5.97 Å². The third-order valence-electron chi connectivity index (χ3n) is 4.26. The fourth-order valence-corrected chi connectivity index (χ4v) is 2.66. The summed E-state index contributed by atoms with van der Waals surface area (Å²) in [5, 5.41) is 9.52. The highest BCUT2D eigenvalue weighted by Crippen LogP contribution is 2.15. The second-order valence-electron chi connectivity index (χ2n) is 5.82. The van der Waals surface area contributed by atoms with Gasteiger partial charge in [0.2, 0.25) is 0 Å². The smallest absolute Gasteiger partial charge is 0.321 e. The van der Waals surface area contributed by atoms with Crippen molar-refractivity contribution < 1.29 is 9.90 Å². The Morgan fingerprint density at radius 2 is 1.85 bits per heavy atom. The molecule has 1 aliphatic rings. The van der Waals surface area contributed by atoms with E-state index in [-0.39, 0.29) is 0 Å². The maximum Gasteiger partial charge on any atom is 0.321 e. The molecule has 1 fully saturated rings. The number of benzene rings is 1. The van der Waals surface area contributed by atoms with E-state index >= 15 is 0 Å². The molecule has 0 saturated carbocycles. The van der Waals surface area contributed by atoms with E-state index in [1.165, 1.54) is 11.1 Å². The molecular formula is C16H24N2O2. The van der Waals surface area contributed by atoms with Gasteiger partial charge in [-0.15, -0.1) is 0 Å². The van der Waals surface area contributed by atoms with Crippen LogP contribution in [0.2, 0.25) is 0 Å². The van der Waals surface area contributed by atoms with Gasteiger partial charge in [0.15, 0.2) is 0 Å². The molecule has 0 amide bonds. The van der Waals surface area contributed by atoms with Crippen LogP contribution in [0.15, 0.2) is 18.2 Å². The Hall–Kier alpha value is -1.39. The highest BCUT2D eigenvalue weighted by molar-refractivity contribution is 5.74. The largest absolute Gasteiger partial charge is 0.480 e. The first-order chi connectivity index (χ1) is 9.47. The third-order valence-corrected chi connectivity index (χ3v) is 4.26. The van der Waals surface area contributed by atoms with Crippen molar-refractivity contribution in [3.05, 3.63) is 34.9 Å². The lowest BCUT2D eigenvalue weighted by Gasteiger charge is -2.36. The fraction of sp³-hybridized carbons (Fsp3) is 0.562. The highest BCUT2D eigenvalue weighted by atomic mass is 16.4. The molecule has 0 aliphatic carbocycles. The van der Waals surface area contributed by atoms with E-state index in [2.05, 4.69) is 42.8 Å². The fourth-order valence-electron chi connectivity index (χ4n) is 2.66. The van der Waals surface area contributed by atoms with Gasteiger partial charge in [-0.2, -0.15) is 0 Å². The first-order valence-electron chi connectivity index (χ1n) is 7.19. The lowest BCUT2D eigenvalue weighted by Crippen LogP contribution is -2.52. The number of hydrogen-bond acceptors (Lipinski definition) is 3. The average molecular weight is 276 g/mol. The van der Waals surface area contributed by atoms with Crippen LogP contribution in [0.5, 0.6) is 0 Å². The first kappa shape index (κ1) is 15.0. The summed E-state index contributed by atoms with van der Waals surface area (Å²) < 4.78 is 0. The van der Waals surface area contributed by atoms with Crippen LogP contribution in [-0.2, 0) is 11.2 Å². The normalized spacial score (nSPS) is 18.9. The zero-order chi connectivity index (χ0) is 14.7. The predicted octanol–water partition coefficient (Wildman–Crippen LogP) is 1.55. The number of aryl methyl sites for hydroxylation is 2. The molecule has 2 rings (SSSR count). The Kier molecular flexibility index (Phi) is 4.78. The van der Waals surface area contributed by atoms with Crippen LogP contribution >= 0.6 is 0 Å². The van der Waals surface area contributed by atoms with Gasteiger partial charge in [0.25, 0.3) is 0 Å². The SMILES string of the molecule is Cc1ccc(C[C@H](C(=O)O)N2CCN(C)CC2)cc1C. The van der Waals surface area contributed by atoms with Crippen molar-refractivity contribution in [1.82, 2.24) is 9.80 Å². The molecule has 4 nitrogen and oxygen atoms in total. The Labute approximate surface area is 121 Å². The summed E-state index contributed by atoms with van der Waals surface area (Å²) in [4.78, 5) is 15.9. The van der Waals surface area contributed by atoms with Crippen molar-refractivity contribution >= 4 is 5.97 Å². The molecule has 1 saturated heterocycles. The lowest BCUT2D eigenvalue weighted by molar-refractivity contribution is -0.144. The molecule has 4 heteroatoms. The van der Waals surface area contributed by atoms with Crippen molar-refractivity contribution in [1.29, 1.82) is 0 Å². The lowest BCUT2D eigenvalue weighted by atomic mass is 9.99. The van der Waals surface area contributed by atoms with Gasteiger partial charge in [-0.25, -0.2) is 0 Å². The van der Waals surface area contributed by atoms with Crippen molar-refractivity contribution in [3.8, 4) is 0 Å². The molecule has 1 aliphatic heterocycles. The molecule has 1 aromatic rings. The maximum absolute atomic E-state index is 11.6. The summed E-state index contributed by atoms with van der Waals surface area (Å²) in [7, 11) is 2.08. The van der Waals surface area contributed by atoms with Crippen LogP contribution < -0.4 is 0 Å². The topological polar surface area (TPSA) is 43.8 Å². The third kappa shape index (κ3) is 3.58. The molecule has 1 N–H and O–H groups in total. The molecule has 0 bridgehead atoms. The summed E-state index contributed by atoms with van der Waals surface area (Å²) >= 11 is 0.